The summed E-state index contributed by atoms with van der Waals surface area (Å²) in [4.78, 5) is 13.7. The molecule has 0 bridgehead atoms. The average molecular weight is 336 g/mol. The Hall–Kier alpha value is -2.27. The molecule has 24 heavy (non-hydrogen) atoms. The van der Waals surface area contributed by atoms with Crippen LogP contribution < -0.4 is 4.90 Å². The van der Waals surface area contributed by atoms with Gasteiger partial charge in [-0.15, -0.1) is 0 Å². The van der Waals surface area contributed by atoms with E-state index in [2.05, 4.69) is 57.3 Å². The van der Waals surface area contributed by atoms with Gasteiger partial charge in [-0.3, -0.25) is 0 Å². The van der Waals surface area contributed by atoms with Crippen molar-refractivity contribution in [2.45, 2.75) is 11.6 Å². The van der Waals surface area contributed by atoms with Gasteiger partial charge in [0.05, 0.1) is 0 Å². The summed E-state index contributed by atoms with van der Waals surface area (Å²) in [5.74, 6) is 2.23. The van der Waals surface area contributed by atoms with Crippen LogP contribution in [0.5, 0.6) is 0 Å². The Bertz CT molecular complexity index is 785. The maximum Gasteiger partial charge on any atom is 0.189 e. The summed E-state index contributed by atoms with van der Waals surface area (Å²) in [5, 5.41) is 0.819. The lowest BCUT2D eigenvalue weighted by atomic mass is 10.0. The van der Waals surface area contributed by atoms with Crippen LogP contribution in [0, 0.1) is 0 Å². The highest BCUT2D eigenvalue weighted by Crippen LogP contribution is 2.31. The first-order valence-electron chi connectivity index (χ1n) is 8.22. The van der Waals surface area contributed by atoms with Gasteiger partial charge in [-0.2, -0.15) is 0 Å². The highest BCUT2D eigenvalue weighted by Gasteiger charge is 2.26. The van der Waals surface area contributed by atoms with Crippen molar-refractivity contribution in [1.82, 2.24) is 14.9 Å². The topological polar surface area (TPSA) is 32.3 Å². The van der Waals surface area contributed by atoms with Crippen LogP contribution in [0.2, 0.25) is 0 Å². The Balaban J connectivity index is 1.70. The molecular weight excluding hydrogens is 316 g/mol. The second-order valence-corrected chi connectivity index (χ2v) is 6.65. The van der Waals surface area contributed by atoms with Crippen molar-refractivity contribution < 1.29 is 0 Å². The van der Waals surface area contributed by atoms with Crippen molar-refractivity contribution in [3.8, 4) is 0 Å². The van der Waals surface area contributed by atoms with E-state index in [-0.39, 0.29) is 0 Å². The van der Waals surface area contributed by atoms with Gasteiger partial charge in [0.2, 0.25) is 0 Å². The number of anilines is 1. The van der Waals surface area contributed by atoms with E-state index in [1.54, 1.807) is 11.8 Å². The molecule has 1 fully saturated rings. The molecule has 0 radical (unpaired) electrons. The summed E-state index contributed by atoms with van der Waals surface area (Å²) in [6.07, 6.45) is 9.61. The fourth-order valence-electron chi connectivity index (χ4n) is 3.22. The zero-order chi connectivity index (χ0) is 16.4. The van der Waals surface area contributed by atoms with Crippen LogP contribution in [0.15, 0.2) is 65.7 Å². The third kappa shape index (κ3) is 2.91. The minimum Gasteiger partial charge on any atom is -0.354 e. The van der Waals surface area contributed by atoms with Crippen molar-refractivity contribution in [2.75, 3.05) is 30.8 Å². The van der Waals surface area contributed by atoms with Gasteiger partial charge in [0.25, 0.3) is 0 Å². The lowest BCUT2D eigenvalue weighted by Gasteiger charge is -2.41. The normalized spacial score (nSPS) is 17.2. The van der Waals surface area contributed by atoms with Crippen LogP contribution in [-0.4, -0.2) is 40.8 Å². The van der Waals surface area contributed by atoms with Gasteiger partial charge in [-0.25, -0.2) is 9.97 Å². The van der Waals surface area contributed by atoms with Crippen LogP contribution >= 0.6 is 11.8 Å². The standard InChI is InChI=1S/C19H20N4S/c1-24-19-20-10-8-17(21-19)23-12-5-11-22-13-9-16(14-18(22)23)15-6-3-2-4-7-15/h2-4,6-10,14H,5,11-13H2,1H3. The first-order chi connectivity index (χ1) is 11.8. The highest BCUT2D eigenvalue weighted by atomic mass is 32.2. The van der Waals surface area contributed by atoms with E-state index < -0.39 is 0 Å². The molecule has 3 heterocycles. The number of aromatic nitrogens is 2. The summed E-state index contributed by atoms with van der Waals surface area (Å²) >= 11 is 1.58. The molecule has 1 aromatic carbocycles. The number of hydrogen-bond donors (Lipinski definition) is 0. The number of hydrogen-bond acceptors (Lipinski definition) is 5. The Kier molecular flexibility index (Phi) is 4.26. The molecular formula is C19H20N4S. The molecule has 0 saturated carbocycles. The predicted molar refractivity (Wildman–Crippen MR) is 99.9 cm³/mol. The van der Waals surface area contributed by atoms with Crippen LogP contribution in [0.1, 0.15) is 12.0 Å². The van der Waals surface area contributed by atoms with Crippen molar-refractivity contribution in [2.24, 2.45) is 0 Å². The smallest absolute Gasteiger partial charge is 0.189 e. The molecule has 2 aliphatic heterocycles. The number of benzene rings is 1. The third-order valence-electron chi connectivity index (χ3n) is 4.41. The van der Waals surface area contributed by atoms with Crippen molar-refractivity contribution in [3.05, 3.63) is 66.1 Å². The van der Waals surface area contributed by atoms with Gasteiger partial charge in [0.15, 0.2) is 5.16 Å². The van der Waals surface area contributed by atoms with Crippen LogP contribution in [-0.2, 0) is 0 Å². The number of thioether (sulfide) groups is 1. The van der Waals surface area contributed by atoms with E-state index in [4.69, 9.17) is 4.98 Å². The quantitative estimate of drug-likeness (QED) is 0.631. The zero-order valence-electron chi connectivity index (χ0n) is 13.7. The average Bonchev–Trinajstić information content (AvgIpc) is 2.68. The van der Waals surface area contributed by atoms with Gasteiger partial charge >= 0.3 is 0 Å². The van der Waals surface area contributed by atoms with Gasteiger partial charge in [-0.1, -0.05) is 48.2 Å². The molecule has 2 aliphatic rings. The lowest BCUT2D eigenvalue weighted by molar-refractivity contribution is 0.327. The molecule has 4 rings (SSSR count). The van der Waals surface area contributed by atoms with Gasteiger partial charge < -0.3 is 9.80 Å². The molecule has 5 heteroatoms. The van der Waals surface area contributed by atoms with Crippen LogP contribution in [0.3, 0.4) is 0 Å². The number of nitrogens with zero attached hydrogens (tertiary/aromatic N) is 4. The summed E-state index contributed by atoms with van der Waals surface area (Å²) in [6, 6.07) is 12.6. The monoisotopic (exact) mass is 336 g/mol. The number of allylic oxidation sites excluding steroid dienone is 2. The maximum atomic E-state index is 4.69. The van der Waals surface area contributed by atoms with Gasteiger partial charge in [-0.05, 0) is 36.0 Å². The van der Waals surface area contributed by atoms with E-state index in [1.807, 2.05) is 18.5 Å². The second kappa shape index (κ2) is 6.69. The highest BCUT2D eigenvalue weighted by molar-refractivity contribution is 7.98. The van der Waals surface area contributed by atoms with Crippen LogP contribution in [0.4, 0.5) is 5.82 Å². The predicted octanol–water partition coefficient (Wildman–Crippen LogP) is 3.65. The summed E-state index contributed by atoms with van der Waals surface area (Å²) in [5.41, 5.74) is 2.55. The molecule has 2 aromatic rings. The lowest BCUT2D eigenvalue weighted by Crippen LogP contribution is -2.44. The minimum absolute atomic E-state index is 0.819. The zero-order valence-corrected chi connectivity index (χ0v) is 14.5. The van der Waals surface area contributed by atoms with E-state index in [9.17, 15) is 0 Å². The SMILES string of the molecule is CSc1nccc(N2CCCN3CC=C(c4ccccc4)C=C32)n1. The molecule has 0 aliphatic carbocycles. The Labute approximate surface area is 146 Å². The number of fused-ring (bicyclic) bond motifs is 1. The molecule has 4 nitrogen and oxygen atoms in total. The Morgan fingerprint density at radius 1 is 1.08 bits per heavy atom. The molecule has 122 valence electrons. The molecule has 0 unspecified atom stereocenters. The Morgan fingerprint density at radius 2 is 1.96 bits per heavy atom. The van der Waals surface area contributed by atoms with E-state index in [0.29, 0.717) is 0 Å². The first kappa shape index (κ1) is 15.3. The fourth-order valence-corrected chi connectivity index (χ4v) is 3.58. The Morgan fingerprint density at radius 3 is 2.79 bits per heavy atom. The minimum atomic E-state index is 0.819. The second-order valence-electron chi connectivity index (χ2n) is 5.88. The number of rotatable bonds is 3. The van der Waals surface area contributed by atoms with Gasteiger partial charge in [0, 0.05) is 25.8 Å². The van der Waals surface area contributed by atoms with Crippen molar-refractivity contribution in [1.29, 1.82) is 0 Å². The van der Waals surface area contributed by atoms with Gasteiger partial charge in [0.1, 0.15) is 11.6 Å². The van der Waals surface area contributed by atoms with Crippen molar-refractivity contribution >= 4 is 23.2 Å². The van der Waals surface area contributed by atoms with E-state index in [0.717, 1.165) is 37.0 Å². The molecule has 0 amide bonds. The summed E-state index contributed by atoms with van der Waals surface area (Å²) in [6.45, 7) is 3.05. The molecule has 0 atom stereocenters. The van der Waals surface area contributed by atoms with E-state index >= 15 is 0 Å². The largest absolute Gasteiger partial charge is 0.354 e. The maximum absolute atomic E-state index is 4.69. The van der Waals surface area contributed by atoms with Crippen molar-refractivity contribution in [3.63, 3.8) is 0 Å². The van der Waals surface area contributed by atoms with Crippen LogP contribution in [0.25, 0.3) is 5.57 Å². The molecule has 0 spiro atoms. The summed E-state index contributed by atoms with van der Waals surface area (Å²) < 4.78 is 0. The molecule has 0 N–H and O–H groups in total. The molecule has 1 aromatic heterocycles. The summed E-state index contributed by atoms with van der Waals surface area (Å²) in [7, 11) is 0. The molecule has 1 saturated heterocycles. The first-order valence-corrected chi connectivity index (χ1v) is 9.44. The third-order valence-corrected chi connectivity index (χ3v) is 4.97. The van der Waals surface area contributed by atoms with E-state index in [1.165, 1.54) is 17.0 Å². The fraction of sp³-hybridized carbons (Fsp3) is 0.263.